The molecule has 1 aromatic carbocycles. The van der Waals surface area contributed by atoms with Crippen molar-refractivity contribution in [3.8, 4) is 0 Å². The second kappa shape index (κ2) is 5.92. The van der Waals surface area contributed by atoms with Crippen LogP contribution in [0.3, 0.4) is 0 Å². The van der Waals surface area contributed by atoms with Crippen LogP contribution in [0.1, 0.15) is 55.5 Å². The summed E-state index contributed by atoms with van der Waals surface area (Å²) in [6, 6.07) is 3.95. The molecular weight excluding hydrogens is 259 g/mol. The lowest BCUT2D eigenvalue weighted by molar-refractivity contribution is -0.00661. The number of aromatic carboxylic acids is 1. The van der Waals surface area contributed by atoms with Gasteiger partial charge in [-0.3, -0.25) is 0 Å². The number of carboxylic acids is 1. The molecule has 20 heavy (non-hydrogen) atoms. The van der Waals surface area contributed by atoms with Crippen molar-refractivity contribution in [1.82, 2.24) is 0 Å². The first-order valence-electron chi connectivity index (χ1n) is 7.01. The van der Waals surface area contributed by atoms with Crippen molar-refractivity contribution < 1.29 is 19.0 Å². The maximum absolute atomic E-state index is 13.7. The molecule has 2 rings (SSSR count). The molecule has 110 valence electrons. The molecule has 0 spiro atoms. The number of rotatable bonds is 4. The van der Waals surface area contributed by atoms with Crippen LogP contribution in [0.25, 0.3) is 0 Å². The quantitative estimate of drug-likeness (QED) is 0.906. The van der Waals surface area contributed by atoms with Crippen molar-refractivity contribution in [1.29, 1.82) is 0 Å². The van der Waals surface area contributed by atoms with E-state index in [1.807, 2.05) is 0 Å². The molecule has 1 N–H and O–H groups in total. The number of halogens is 1. The molecule has 1 aliphatic rings. The molecule has 1 aliphatic carbocycles. The van der Waals surface area contributed by atoms with Crippen LogP contribution in [0.4, 0.5) is 4.39 Å². The molecule has 0 atom stereocenters. The SMILES string of the molecule is CC1(C)CCC(OCc2ccc(C(=O)O)cc2F)CC1. The van der Waals surface area contributed by atoms with Gasteiger partial charge in [-0.05, 0) is 43.2 Å². The molecule has 0 radical (unpaired) electrons. The highest BCUT2D eigenvalue weighted by Crippen LogP contribution is 2.36. The van der Waals surface area contributed by atoms with E-state index < -0.39 is 11.8 Å². The third-order valence-corrected chi connectivity index (χ3v) is 4.06. The normalized spacial score (nSPS) is 18.9. The van der Waals surface area contributed by atoms with Crippen LogP contribution in [0.15, 0.2) is 18.2 Å². The summed E-state index contributed by atoms with van der Waals surface area (Å²) in [5.74, 6) is -1.63. The summed E-state index contributed by atoms with van der Waals surface area (Å²) < 4.78 is 19.5. The zero-order chi connectivity index (χ0) is 14.8. The Morgan fingerprint density at radius 1 is 1.40 bits per heavy atom. The van der Waals surface area contributed by atoms with Gasteiger partial charge in [0.25, 0.3) is 0 Å². The fourth-order valence-electron chi connectivity index (χ4n) is 2.54. The fourth-order valence-corrected chi connectivity index (χ4v) is 2.54. The molecule has 0 heterocycles. The van der Waals surface area contributed by atoms with E-state index >= 15 is 0 Å². The predicted octanol–water partition coefficient (Wildman–Crippen LogP) is 4.01. The maximum atomic E-state index is 13.7. The monoisotopic (exact) mass is 280 g/mol. The van der Waals surface area contributed by atoms with Crippen LogP contribution in [-0.2, 0) is 11.3 Å². The van der Waals surface area contributed by atoms with Gasteiger partial charge in [0.05, 0.1) is 18.3 Å². The van der Waals surface area contributed by atoms with E-state index in [2.05, 4.69) is 13.8 Å². The summed E-state index contributed by atoms with van der Waals surface area (Å²) in [5.41, 5.74) is 0.763. The summed E-state index contributed by atoms with van der Waals surface area (Å²) >= 11 is 0. The van der Waals surface area contributed by atoms with E-state index in [0.717, 1.165) is 31.7 Å². The topological polar surface area (TPSA) is 46.5 Å². The molecule has 0 unspecified atom stereocenters. The maximum Gasteiger partial charge on any atom is 0.335 e. The van der Waals surface area contributed by atoms with E-state index in [9.17, 15) is 9.18 Å². The highest BCUT2D eigenvalue weighted by Gasteiger charge is 2.27. The summed E-state index contributed by atoms with van der Waals surface area (Å²) in [6.07, 6.45) is 4.43. The number of benzene rings is 1. The van der Waals surface area contributed by atoms with Crippen molar-refractivity contribution in [3.05, 3.63) is 35.1 Å². The van der Waals surface area contributed by atoms with Gasteiger partial charge in [-0.15, -0.1) is 0 Å². The summed E-state index contributed by atoms with van der Waals surface area (Å²) in [4.78, 5) is 10.7. The van der Waals surface area contributed by atoms with Gasteiger partial charge in [-0.2, -0.15) is 0 Å². The molecule has 0 aromatic heterocycles. The summed E-state index contributed by atoms with van der Waals surface area (Å²) in [6.45, 7) is 4.72. The number of ether oxygens (including phenoxy) is 1. The lowest BCUT2D eigenvalue weighted by Gasteiger charge is -2.34. The van der Waals surface area contributed by atoms with Crippen LogP contribution >= 0.6 is 0 Å². The number of carboxylic acid groups (broad SMARTS) is 1. The molecular formula is C16H21FO3. The molecule has 1 fully saturated rings. The van der Waals surface area contributed by atoms with Crippen molar-refractivity contribution in [3.63, 3.8) is 0 Å². The Bertz CT molecular complexity index is 486. The van der Waals surface area contributed by atoms with Gasteiger partial charge in [0.15, 0.2) is 0 Å². The van der Waals surface area contributed by atoms with Gasteiger partial charge in [0.2, 0.25) is 0 Å². The Hall–Kier alpha value is -1.42. The Morgan fingerprint density at radius 3 is 2.60 bits per heavy atom. The first kappa shape index (κ1) is 15.0. The number of hydrogen-bond donors (Lipinski definition) is 1. The largest absolute Gasteiger partial charge is 0.478 e. The Morgan fingerprint density at radius 2 is 2.05 bits per heavy atom. The molecule has 1 saturated carbocycles. The van der Waals surface area contributed by atoms with Crippen molar-refractivity contribution in [2.75, 3.05) is 0 Å². The Kier molecular flexibility index (Phi) is 4.43. The zero-order valence-electron chi connectivity index (χ0n) is 12.0. The molecule has 0 aliphatic heterocycles. The fraction of sp³-hybridized carbons (Fsp3) is 0.562. The standard InChI is InChI=1S/C16H21FO3/c1-16(2)7-5-13(6-8-16)20-10-12-4-3-11(15(18)19)9-14(12)17/h3-4,9,13H,5-8,10H2,1-2H3,(H,18,19). The van der Waals surface area contributed by atoms with E-state index in [4.69, 9.17) is 9.84 Å². The van der Waals surface area contributed by atoms with Crippen molar-refractivity contribution in [2.24, 2.45) is 5.41 Å². The Balaban J connectivity index is 1.90. The third kappa shape index (κ3) is 3.79. The summed E-state index contributed by atoms with van der Waals surface area (Å²) in [7, 11) is 0. The van der Waals surface area contributed by atoms with Gasteiger partial charge >= 0.3 is 5.97 Å². The second-order valence-corrected chi connectivity index (χ2v) is 6.29. The molecule has 4 heteroatoms. The number of hydrogen-bond acceptors (Lipinski definition) is 2. The van der Waals surface area contributed by atoms with E-state index in [0.29, 0.717) is 11.0 Å². The van der Waals surface area contributed by atoms with Gasteiger partial charge in [-0.1, -0.05) is 19.9 Å². The van der Waals surface area contributed by atoms with Gasteiger partial charge in [0, 0.05) is 5.56 Å². The molecule has 0 bridgehead atoms. The van der Waals surface area contributed by atoms with Crippen LogP contribution in [0.5, 0.6) is 0 Å². The lowest BCUT2D eigenvalue weighted by atomic mass is 9.76. The minimum Gasteiger partial charge on any atom is -0.478 e. The van der Waals surface area contributed by atoms with Crippen LogP contribution < -0.4 is 0 Å². The first-order valence-corrected chi connectivity index (χ1v) is 7.01. The van der Waals surface area contributed by atoms with Gasteiger partial charge in [0.1, 0.15) is 5.82 Å². The predicted molar refractivity (Wildman–Crippen MR) is 74.2 cm³/mol. The molecule has 1 aromatic rings. The van der Waals surface area contributed by atoms with E-state index in [1.165, 1.54) is 12.1 Å². The Labute approximate surface area is 118 Å². The van der Waals surface area contributed by atoms with Crippen LogP contribution in [0, 0.1) is 11.2 Å². The van der Waals surface area contributed by atoms with Crippen molar-refractivity contribution in [2.45, 2.75) is 52.2 Å². The molecule has 0 amide bonds. The molecule has 0 saturated heterocycles. The molecule has 3 nitrogen and oxygen atoms in total. The van der Waals surface area contributed by atoms with Gasteiger partial charge in [-0.25, -0.2) is 9.18 Å². The third-order valence-electron chi connectivity index (χ3n) is 4.06. The lowest BCUT2D eigenvalue weighted by Crippen LogP contribution is -2.26. The van der Waals surface area contributed by atoms with Gasteiger partial charge < -0.3 is 9.84 Å². The average Bonchev–Trinajstić information content (AvgIpc) is 2.38. The highest BCUT2D eigenvalue weighted by molar-refractivity contribution is 5.87. The van der Waals surface area contributed by atoms with E-state index in [-0.39, 0.29) is 18.3 Å². The first-order chi connectivity index (χ1) is 9.37. The van der Waals surface area contributed by atoms with Crippen LogP contribution in [0.2, 0.25) is 0 Å². The van der Waals surface area contributed by atoms with Crippen LogP contribution in [-0.4, -0.2) is 17.2 Å². The zero-order valence-corrected chi connectivity index (χ0v) is 12.0. The summed E-state index contributed by atoms with van der Waals surface area (Å²) in [5, 5.41) is 8.79. The smallest absolute Gasteiger partial charge is 0.335 e. The van der Waals surface area contributed by atoms with E-state index in [1.54, 1.807) is 0 Å². The average molecular weight is 280 g/mol. The van der Waals surface area contributed by atoms with Crippen molar-refractivity contribution >= 4 is 5.97 Å². The number of carbonyl (C=O) groups is 1. The highest BCUT2D eigenvalue weighted by atomic mass is 19.1. The minimum atomic E-state index is -1.12. The minimum absolute atomic E-state index is 0.0364. The second-order valence-electron chi connectivity index (χ2n) is 6.29.